The third kappa shape index (κ3) is 32.7. The van der Waals surface area contributed by atoms with E-state index in [0.717, 1.165) is 44.4 Å². The van der Waals surface area contributed by atoms with Crippen LogP contribution in [0.3, 0.4) is 0 Å². The molecule has 0 amide bonds. The van der Waals surface area contributed by atoms with Crippen molar-refractivity contribution in [1.29, 1.82) is 0 Å². The second-order valence-electron chi connectivity index (χ2n) is 17.0. The lowest BCUT2D eigenvalue weighted by Crippen LogP contribution is -2.46. The number of piperazine rings is 1. The highest BCUT2D eigenvalue weighted by atomic mass is 16.5. The van der Waals surface area contributed by atoms with Crippen molar-refractivity contribution in [1.82, 2.24) is 9.80 Å². The minimum absolute atomic E-state index is 0.00207. The Bertz CT molecular complexity index is 1030. The third-order valence-corrected chi connectivity index (χ3v) is 11.6. The zero-order valence-electron chi connectivity index (χ0n) is 36.8. The predicted octanol–water partition coefficient (Wildman–Crippen LogP) is 12.8. The Morgan fingerprint density at radius 2 is 1.07 bits per heavy atom. The van der Waals surface area contributed by atoms with E-state index in [1.54, 1.807) is 0 Å². The van der Waals surface area contributed by atoms with Crippen LogP contribution in [-0.4, -0.2) is 74.7 Å². The second-order valence-corrected chi connectivity index (χ2v) is 17.0. The third-order valence-electron chi connectivity index (χ3n) is 11.6. The smallest absolute Gasteiger partial charge is 0.306 e. The van der Waals surface area contributed by atoms with E-state index < -0.39 is 0 Å². The van der Waals surface area contributed by atoms with Crippen LogP contribution in [0.2, 0.25) is 0 Å². The van der Waals surface area contributed by atoms with Crippen LogP contribution in [0.25, 0.3) is 0 Å². The zero-order chi connectivity index (χ0) is 40.0. The van der Waals surface area contributed by atoms with Crippen molar-refractivity contribution in [3.63, 3.8) is 0 Å². The van der Waals surface area contributed by atoms with Gasteiger partial charge in [-0.25, -0.2) is 0 Å². The number of carbonyl (C=O) groups excluding carboxylic acids is 2. The van der Waals surface area contributed by atoms with Crippen LogP contribution >= 0.6 is 0 Å². The van der Waals surface area contributed by atoms with Crippen molar-refractivity contribution in [3.8, 4) is 0 Å². The Morgan fingerprint density at radius 1 is 0.618 bits per heavy atom. The van der Waals surface area contributed by atoms with Gasteiger partial charge in [-0.15, -0.1) is 0 Å². The molecule has 0 aromatic rings. The van der Waals surface area contributed by atoms with Gasteiger partial charge in [-0.05, 0) is 75.3 Å². The minimum atomic E-state index is -0.0923. The fourth-order valence-electron chi connectivity index (χ4n) is 7.86. The molecule has 0 N–H and O–H groups in total. The van der Waals surface area contributed by atoms with Gasteiger partial charge in [0.15, 0.2) is 0 Å². The molecular formula is C49H88N2O4. The minimum Gasteiger partial charge on any atom is -0.466 e. The van der Waals surface area contributed by atoms with E-state index in [0.29, 0.717) is 32.0 Å². The summed E-state index contributed by atoms with van der Waals surface area (Å²) in [6, 6.07) is 0. The van der Waals surface area contributed by atoms with E-state index in [1.165, 1.54) is 161 Å². The van der Waals surface area contributed by atoms with Gasteiger partial charge in [-0.3, -0.25) is 9.59 Å². The van der Waals surface area contributed by atoms with E-state index in [1.807, 2.05) is 6.08 Å². The Kier molecular flexibility index (Phi) is 34.8. The van der Waals surface area contributed by atoms with Gasteiger partial charge in [0, 0.05) is 39.1 Å². The van der Waals surface area contributed by atoms with Crippen LogP contribution in [-0.2, 0) is 19.1 Å². The number of esters is 2. The highest BCUT2D eigenvalue weighted by Gasteiger charge is 2.18. The number of carbonyl (C=O) groups is 2. The maximum Gasteiger partial charge on any atom is 0.306 e. The first-order valence-electron chi connectivity index (χ1n) is 23.5. The number of hydrogen-bond donors (Lipinski definition) is 0. The standard InChI is InChI=1S/C49H88N2O4/c1-6-9-24-31-45(4)42-48(52)54-40-29-22-18-14-12-16-20-27-34-47(44-51-38-36-50(5)37-39-51)35-28-21-17-13-15-19-23-30-41-55-49(53)43-46(32-25-10-7-2)33-26-11-8-3/h32,45-47H,2,6,8-9,11-24,26-31,33-44H2,1,3-5H3. The average Bonchev–Trinajstić information content (AvgIpc) is 3.16. The van der Waals surface area contributed by atoms with Gasteiger partial charge in [0.25, 0.3) is 0 Å². The molecule has 0 aliphatic carbocycles. The number of ether oxygens (including phenoxy) is 2. The fraction of sp³-hybridized carbons (Fsp3) is 0.857. The van der Waals surface area contributed by atoms with Crippen molar-refractivity contribution in [2.24, 2.45) is 17.8 Å². The number of allylic oxidation sites excluding steroid dienone is 1. The summed E-state index contributed by atoms with van der Waals surface area (Å²) in [7, 11) is 2.25. The molecule has 1 heterocycles. The largest absolute Gasteiger partial charge is 0.466 e. The van der Waals surface area contributed by atoms with Gasteiger partial charge in [0.1, 0.15) is 0 Å². The summed E-state index contributed by atoms with van der Waals surface area (Å²) in [5, 5.41) is 0. The monoisotopic (exact) mass is 769 g/mol. The van der Waals surface area contributed by atoms with Gasteiger partial charge in [0.05, 0.1) is 19.6 Å². The number of rotatable bonds is 37. The van der Waals surface area contributed by atoms with Crippen molar-refractivity contribution < 1.29 is 19.1 Å². The van der Waals surface area contributed by atoms with E-state index in [-0.39, 0.29) is 17.9 Å². The summed E-state index contributed by atoms with van der Waals surface area (Å²) in [6.45, 7) is 17.4. The van der Waals surface area contributed by atoms with E-state index in [9.17, 15) is 9.59 Å². The molecule has 0 bridgehead atoms. The van der Waals surface area contributed by atoms with Gasteiger partial charge in [-0.1, -0.05) is 167 Å². The normalized spacial score (nSPS) is 15.1. The van der Waals surface area contributed by atoms with Crippen molar-refractivity contribution in [3.05, 3.63) is 29.8 Å². The molecule has 0 aromatic carbocycles. The molecule has 1 saturated heterocycles. The lowest BCUT2D eigenvalue weighted by atomic mass is 9.93. The first kappa shape index (κ1) is 51.0. The maximum atomic E-state index is 12.4. The Balaban J connectivity index is 2.14. The molecule has 1 aliphatic rings. The molecule has 0 saturated carbocycles. The van der Waals surface area contributed by atoms with Gasteiger partial charge in [0.2, 0.25) is 0 Å². The molecule has 6 heteroatoms. The summed E-state index contributed by atoms with van der Waals surface area (Å²) in [5.41, 5.74) is 8.30. The summed E-state index contributed by atoms with van der Waals surface area (Å²) < 4.78 is 11.1. The SMILES string of the molecule is C=C=C=C=CC(CCCCC)CC(=O)OCCCCCCCCCCC(CCCCCCCCCCOC(=O)CC(C)CCCCC)CN1CCN(C)CC1. The first-order valence-corrected chi connectivity index (χ1v) is 23.5. The molecule has 1 fully saturated rings. The average molecular weight is 769 g/mol. The molecular weight excluding hydrogens is 681 g/mol. The number of unbranched alkanes of at least 4 members (excludes halogenated alkanes) is 18. The number of hydrogen-bond acceptors (Lipinski definition) is 6. The quantitative estimate of drug-likeness (QED) is 0.0356. The topological polar surface area (TPSA) is 59.1 Å². The number of nitrogens with zero attached hydrogens (tertiary/aromatic N) is 2. The van der Waals surface area contributed by atoms with Crippen LogP contribution in [0, 0.1) is 17.8 Å². The van der Waals surface area contributed by atoms with Crippen molar-refractivity contribution in [2.75, 3.05) is 53.0 Å². The Morgan fingerprint density at radius 3 is 1.58 bits per heavy atom. The lowest BCUT2D eigenvalue weighted by molar-refractivity contribution is -0.145. The van der Waals surface area contributed by atoms with E-state index in [2.05, 4.69) is 61.4 Å². The summed E-state index contributed by atoms with van der Waals surface area (Å²) in [6.07, 6.45) is 35.3. The first-order chi connectivity index (χ1) is 26.9. The highest BCUT2D eigenvalue weighted by Crippen LogP contribution is 2.22. The lowest BCUT2D eigenvalue weighted by Gasteiger charge is -2.34. The summed E-state index contributed by atoms with van der Waals surface area (Å²) in [5.74, 6) is 1.35. The van der Waals surface area contributed by atoms with Crippen LogP contribution in [0.4, 0.5) is 0 Å². The molecule has 3 atom stereocenters. The molecule has 0 radical (unpaired) electrons. The van der Waals surface area contributed by atoms with Gasteiger partial charge in [-0.2, -0.15) is 0 Å². The van der Waals surface area contributed by atoms with Gasteiger partial charge >= 0.3 is 11.9 Å². The molecule has 0 aromatic heterocycles. The summed E-state index contributed by atoms with van der Waals surface area (Å²) >= 11 is 0. The fourth-order valence-corrected chi connectivity index (χ4v) is 7.86. The van der Waals surface area contributed by atoms with Gasteiger partial charge < -0.3 is 19.3 Å². The van der Waals surface area contributed by atoms with Crippen molar-refractivity contribution in [2.45, 2.75) is 201 Å². The predicted molar refractivity (Wildman–Crippen MR) is 233 cm³/mol. The van der Waals surface area contributed by atoms with Crippen LogP contribution in [0.1, 0.15) is 201 Å². The number of likely N-dealkylation sites (N-methyl/N-ethyl adjacent to an activating group) is 1. The van der Waals surface area contributed by atoms with Crippen LogP contribution in [0.15, 0.2) is 29.8 Å². The second kappa shape index (κ2) is 37.5. The summed E-state index contributed by atoms with van der Waals surface area (Å²) in [4.78, 5) is 29.7. The molecule has 1 aliphatic heterocycles. The molecule has 318 valence electrons. The molecule has 1 rings (SSSR count). The molecule has 3 unspecified atom stereocenters. The Labute approximate surface area is 341 Å². The van der Waals surface area contributed by atoms with E-state index in [4.69, 9.17) is 9.47 Å². The van der Waals surface area contributed by atoms with Crippen molar-refractivity contribution >= 4 is 11.9 Å². The van der Waals surface area contributed by atoms with Crippen LogP contribution < -0.4 is 0 Å². The molecule has 6 nitrogen and oxygen atoms in total. The highest BCUT2D eigenvalue weighted by molar-refractivity contribution is 5.70. The Hall–Kier alpha value is -2.06. The molecule has 0 spiro atoms. The molecule has 55 heavy (non-hydrogen) atoms. The van der Waals surface area contributed by atoms with Crippen LogP contribution in [0.5, 0.6) is 0 Å². The zero-order valence-corrected chi connectivity index (χ0v) is 36.8. The van der Waals surface area contributed by atoms with E-state index >= 15 is 0 Å². The maximum absolute atomic E-state index is 12.4.